The largest absolute Gasteiger partial charge is 0.497 e. The molecule has 0 aliphatic heterocycles. The molecular weight excluding hydrogens is 336 g/mol. The molecule has 0 heterocycles. The normalized spacial score (nSPS) is 12.1. The molecular formula is C13H11ClO5S2. The highest BCUT2D eigenvalue weighted by Gasteiger charge is 2.33. The van der Waals surface area contributed by atoms with Crippen molar-refractivity contribution < 1.29 is 21.6 Å². The van der Waals surface area contributed by atoms with Crippen LogP contribution in [0.5, 0.6) is 5.75 Å². The van der Waals surface area contributed by atoms with Crippen molar-refractivity contribution in [1.82, 2.24) is 0 Å². The van der Waals surface area contributed by atoms with Gasteiger partial charge < -0.3 is 4.74 Å². The van der Waals surface area contributed by atoms with Crippen LogP contribution in [0.15, 0.2) is 58.3 Å². The van der Waals surface area contributed by atoms with Gasteiger partial charge in [-0.15, -0.1) is 0 Å². The number of hydrogen-bond donors (Lipinski definition) is 0. The Kier molecular flexibility index (Phi) is 4.27. The molecule has 0 saturated heterocycles. The van der Waals surface area contributed by atoms with Gasteiger partial charge in [-0.25, -0.2) is 16.8 Å². The first kappa shape index (κ1) is 15.8. The number of ether oxygens (including phenoxy) is 1. The predicted molar refractivity (Wildman–Crippen MR) is 78.8 cm³/mol. The Labute approximate surface area is 127 Å². The van der Waals surface area contributed by atoms with Crippen LogP contribution in [0.2, 0.25) is 5.02 Å². The van der Waals surface area contributed by atoms with Crippen LogP contribution in [0, 0.1) is 0 Å². The van der Waals surface area contributed by atoms with E-state index in [0.717, 1.165) is 12.1 Å². The van der Waals surface area contributed by atoms with Crippen molar-refractivity contribution in [3.63, 3.8) is 0 Å². The molecule has 5 nitrogen and oxygen atoms in total. The minimum atomic E-state index is -4.56. The highest BCUT2D eigenvalue weighted by atomic mass is 35.5. The zero-order valence-electron chi connectivity index (χ0n) is 10.9. The lowest BCUT2D eigenvalue weighted by Gasteiger charge is -2.07. The van der Waals surface area contributed by atoms with Crippen LogP contribution in [-0.2, 0) is 17.7 Å². The predicted octanol–water partition coefficient (Wildman–Crippen LogP) is 2.51. The van der Waals surface area contributed by atoms with Crippen molar-refractivity contribution in [2.75, 3.05) is 7.11 Å². The van der Waals surface area contributed by atoms with Crippen molar-refractivity contribution in [2.45, 2.75) is 9.79 Å². The van der Waals surface area contributed by atoms with Gasteiger partial charge in [0.05, 0.1) is 16.9 Å². The van der Waals surface area contributed by atoms with Crippen LogP contribution in [0.3, 0.4) is 0 Å². The summed E-state index contributed by atoms with van der Waals surface area (Å²) in [6, 6.07) is 10.1. The molecule has 0 amide bonds. The van der Waals surface area contributed by atoms with E-state index < -0.39 is 17.7 Å². The van der Waals surface area contributed by atoms with Gasteiger partial charge in [-0.05, 0) is 48.5 Å². The molecule has 0 aliphatic carbocycles. The number of hydrogen-bond acceptors (Lipinski definition) is 5. The molecule has 2 aromatic carbocycles. The van der Waals surface area contributed by atoms with Crippen LogP contribution >= 0.6 is 11.6 Å². The van der Waals surface area contributed by atoms with Crippen molar-refractivity contribution in [1.29, 1.82) is 0 Å². The Morgan fingerprint density at radius 3 is 1.52 bits per heavy atom. The van der Waals surface area contributed by atoms with Gasteiger partial charge in [0.1, 0.15) is 5.75 Å². The smallest absolute Gasteiger partial charge is 0.286 e. The second-order valence-electron chi connectivity index (χ2n) is 4.04. The summed E-state index contributed by atoms with van der Waals surface area (Å²) in [6.45, 7) is 0. The molecule has 8 heteroatoms. The topological polar surface area (TPSA) is 77.5 Å². The molecule has 2 rings (SSSR count). The van der Waals surface area contributed by atoms with Crippen molar-refractivity contribution in [3.05, 3.63) is 53.6 Å². The molecule has 0 aromatic heterocycles. The Bertz CT molecular complexity index is 838. The highest BCUT2D eigenvalue weighted by Crippen LogP contribution is 2.26. The van der Waals surface area contributed by atoms with E-state index in [1.165, 1.54) is 43.5 Å². The quantitative estimate of drug-likeness (QED) is 0.795. The Morgan fingerprint density at radius 2 is 1.14 bits per heavy atom. The zero-order chi connectivity index (χ0) is 15.7. The number of rotatable bonds is 4. The van der Waals surface area contributed by atoms with Gasteiger partial charge in [0.25, 0.3) is 17.7 Å². The van der Waals surface area contributed by atoms with E-state index in [9.17, 15) is 16.8 Å². The number of methoxy groups -OCH3 is 1. The summed E-state index contributed by atoms with van der Waals surface area (Å²) in [5.74, 6) is 0.429. The third-order valence-corrected chi connectivity index (χ3v) is 8.16. The molecule has 0 fully saturated rings. The fourth-order valence-electron chi connectivity index (χ4n) is 1.60. The summed E-state index contributed by atoms with van der Waals surface area (Å²) < 4.78 is 54.0. The van der Waals surface area contributed by atoms with E-state index in [1.54, 1.807) is 0 Å². The van der Waals surface area contributed by atoms with Crippen LogP contribution in [0.1, 0.15) is 0 Å². The van der Waals surface area contributed by atoms with E-state index in [4.69, 9.17) is 16.3 Å². The molecule has 0 unspecified atom stereocenters. The molecule has 112 valence electrons. The molecule has 21 heavy (non-hydrogen) atoms. The molecule has 0 radical (unpaired) electrons. The standard InChI is InChI=1S/C13H11ClO5S2/c1-19-11-4-8-13(9-5-11)21(17,18)20(15,16)12-6-2-10(14)3-7-12/h2-9H,1H3. The van der Waals surface area contributed by atoms with Gasteiger partial charge in [0.2, 0.25) is 0 Å². The lowest BCUT2D eigenvalue weighted by molar-refractivity contribution is 0.414. The second kappa shape index (κ2) is 5.67. The summed E-state index contributed by atoms with van der Waals surface area (Å²) in [4.78, 5) is -0.652. The summed E-state index contributed by atoms with van der Waals surface area (Å²) in [7, 11) is -7.69. The van der Waals surface area contributed by atoms with Crippen molar-refractivity contribution in [3.8, 4) is 5.75 Å². The first-order valence-electron chi connectivity index (χ1n) is 5.69. The maximum atomic E-state index is 12.3. The first-order valence-corrected chi connectivity index (χ1v) is 9.55. The molecule has 0 atom stereocenters. The molecule has 0 spiro atoms. The fourth-order valence-corrected chi connectivity index (χ4v) is 5.36. The first-order chi connectivity index (χ1) is 9.79. The van der Waals surface area contributed by atoms with Gasteiger partial charge in [0, 0.05) is 5.02 Å². The van der Waals surface area contributed by atoms with E-state index in [1.807, 2.05) is 0 Å². The summed E-state index contributed by atoms with van der Waals surface area (Å²) in [5, 5.41) is 0.316. The third-order valence-electron chi connectivity index (χ3n) is 2.74. The zero-order valence-corrected chi connectivity index (χ0v) is 13.2. The maximum Gasteiger partial charge on any atom is 0.286 e. The third kappa shape index (κ3) is 2.90. The average molecular weight is 347 g/mol. The molecule has 0 saturated carbocycles. The summed E-state index contributed by atoms with van der Waals surface area (Å²) >= 11 is 5.67. The molecule has 0 N–H and O–H groups in total. The van der Waals surface area contributed by atoms with Gasteiger partial charge in [0.15, 0.2) is 0 Å². The number of halogens is 1. The Hall–Kier alpha value is -1.57. The van der Waals surface area contributed by atoms with E-state index in [2.05, 4.69) is 0 Å². The Balaban J connectivity index is 2.53. The fraction of sp³-hybridized carbons (Fsp3) is 0.0769. The maximum absolute atomic E-state index is 12.3. The Morgan fingerprint density at radius 1 is 0.762 bits per heavy atom. The minimum absolute atomic E-state index is 0.316. The average Bonchev–Trinajstić information content (AvgIpc) is 2.47. The van der Waals surface area contributed by atoms with Gasteiger partial charge in [-0.1, -0.05) is 11.6 Å². The van der Waals surface area contributed by atoms with Crippen LogP contribution in [-0.4, -0.2) is 23.9 Å². The molecule has 0 aliphatic rings. The number of benzene rings is 2. The lowest BCUT2D eigenvalue weighted by atomic mass is 10.3. The van der Waals surface area contributed by atoms with Crippen LogP contribution in [0.25, 0.3) is 0 Å². The molecule has 0 bridgehead atoms. The SMILES string of the molecule is COc1ccc(S(=O)(=O)S(=O)(=O)c2ccc(Cl)cc2)cc1. The molecule has 2 aromatic rings. The summed E-state index contributed by atoms with van der Waals surface area (Å²) in [6.07, 6.45) is 0. The summed E-state index contributed by atoms with van der Waals surface area (Å²) in [5.41, 5.74) is 0. The minimum Gasteiger partial charge on any atom is -0.497 e. The van der Waals surface area contributed by atoms with E-state index >= 15 is 0 Å². The van der Waals surface area contributed by atoms with Crippen molar-refractivity contribution >= 4 is 29.3 Å². The van der Waals surface area contributed by atoms with Crippen molar-refractivity contribution in [2.24, 2.45) is 0 Å². The van der Waals surface area contributed by atoms with Gasteiger partial charge in [-0.2, -0.15) is 0 Å². The lowest BCUT2D eigenvalue weighted by Crippen LogP contribution is -2.16. The van der Waals surface area contributed by atoms with E-state index in [0.29, 0.717) is 10.8 Å². The monoisotopic (exact) mass is 346 g/mol. The van der Waals surface area contributed by atoms with E-state index in [-0.39, 0.29) is 9.79 Å². The van der Waals surface area contributed by atoms with Gasteiger partial charge in [-0.3, -0.25) is 0 Å². The highest BCUT2D eigenvalue weighted by molar-refractivity contribution is 8.67. The van der Waals surface area contributed by atoms with Crippen LogP contribution in [0.4, 0.5) is 0 Å². The van der Waals surface area contributed by atoms with Crippen LogP contribution < -0.4 is 4.74 Å². The second-order valence-corrected chi connectivity index (χ2v) is 9.87. The van der Waals surface area contributed by atoms with Gasteiger partial charge >= 0.3 is 0 Å².